The standard InChI is InChI=1S/C17H27NO6/c1-15(2,3)24-23-14(21)18-12(13(19)20)16-5-10-4-11(6-16)8-17(22,7-10)9-16/h10-12,22H,4-9H2,1-3H3,(H,18,21)(H,19,20)/t10?,11?,12-,16?,17?/m1/s1. The number of carbonyl (C=O) groups is 2. The lowest BCUT2D eigenvalue weighted by atomic mass is 9.46. The smallest absolute Gasteiger partial charge is 0.439 e. The van der Waals surface area contributed by atoms with Crippen molar-refractivity contribution < 1.29 is 29.6 Å². The van der Waals surface area contributed by atoms with Crippen molar-refractivity contribution in [1.82, 2.24) is 5.32 Å². The van der Waals surface area contributed by atoms with Crippen LogP contribution >= 0.6 is 0 Å². The summed E-state index contributed by atoms with van der Waals surface area (Å²) in [6, 6.07) is -1.08. The average molecular weight is 341 g/mol. The van der Waals surface area contributed by atoms with Gasteiger partial charge in [0.05, 0.1) is 5.60 Å². The summed E-state index contributed by atoms with van der Waals surface area (Å²) in [5.74, 6) is -0.420. The van der Waals surface area contributed by atoms with E-state index in [1.807, 2.05) is 0 Å². The first kappa shape index (κ1) is 17.5. The number of aliphatic hydroxyl groups is 1. The molecule has 3 atom stereocenters. The number of hydrogen-bond donors (Lipinski definition) is 3. The zero-order chi connectivity index (χ0) is 17.8. The second-order valence-electron chi connectivity index (χ2n) is 9.03. The number of rotatable bonds is 4. The Kier molecular flexibility index (Phi) is 4.07. The molecule has 2 unspecified atom stereocenters. The molecule has 7 heteroatoms. The van der Waals surface area contributed by atoms with Crippen LogP contribution in [-0.4, -0.2) is 39.5 Å². The second kappa shape index (κ2) is 5.59. The molecule has 4 aliphatic carbocycles. The van der Waals surface area contributed by atoms with Gasteiger partial charge in [-0.05, 0) is 71.1 Å². The summed E-state index contributed by atoms with van der Waals surface area (Å²) < 4.78 is 0. The molecule has 4 aliphatic rings. The minimum Gasteiger partial charge on any atom is -0.480 e. The Labute approximate surface area is 141 Å². The molecule has 0 heterocycles. The van der Waals surface area contributed by atoms with Gasteiger partial charge in [-0.2, -0.15) is 4.89 Å². The normalized spacial score (nSPS) is 38.7. The van der Waals surface area contributed by atoms with Crippen LogP contribution in [0.1, 0.15) is 59.3 Å². The molecular weight excluding hydrogens is 314 g/mol. The highest BCUT2D eigenvalue weighted by molar-refractivity contribution is 5.80. The monoisotopic (exact) mass is 341 g/mol. The summed E-state index contributed by atoms with van der Waals surface area (Å²) in [6.07, 6.45) is 3.51. The van der Waals surface area contributed by atoms with Crippen LogP contribution in [0.25, 0.3) is 0 Å². The SMILES string of the molecule is CC(C)(C)OOC(=O)N[C@H](C(=O)O)C12CC3CC(CC(O)(C3)C1)C2. The fraction of sp³-hybridized carbons (Fsp3) is 0.882. The van der Waals surface area contributed by atoms with Crippen LogP contribution in [-0.2, 0) is 14.6 Å². The molecule has 3 N–H and O–H groups in total. The Morgan fingerprint density at radius 3 is 2.21 bits per heavy atom. The highest BCUT2D eigenvalue weighted by Gasteiger charge is 2.61. The van der Waals surface area contributed by atoms with Crippen molar-refractivity contribution in [1.29, 1.82) is 0 Å². The van der Waals surface area contributed by atoms with Crippen LogP contribution in [0.5, 0.6) is 0 Å². The fourth-order valence-corrected chi connectivity index (χ4v) is 5.40. The molecule has 0 aromatic carbocycles. The molecule has 4 rings (SSSR count). The summed E-state index contributed by atoms with van der Waals surface area (Å²) in [5.41, 5.74) is -2.07. The largest absolute Gasteiger partial charge is 0.480 e. The van der Waals surface area contributed by atoms with Gasteiger partial charge < -0.3 is 15.5 Å². The number of aliphatic carboxylic acids is 1. The van der Waals surface area contributed by atoms with Gasteiger partial charge in [-0.15, -0.1) is 0 Å². The van der Waals surface area contributed by atoms with Crippen LogP contribution in [0.4, 0.5) is 4.79 Å². The van der Waals surface area contributed by atoms with Crippen molar-refractivity contribution in [3.63, 3.8) is 0 Å². The minimum absolute atomic E-state index is 0.335. The zero-order valence-corrected chi connectivity index (χ0v) is 14.5. The Balaban J connectivity index is 1.74. The summed E-state index contributed by atoms with van der Waals surface area (Å²) in [7, 11) is 0. The quantitative estimate of drug-likeness (QED) is 0.535. The van der Waals surface area contributed by atoms with Crippen molar-refractivity contribution in [2.75, 3.05) is 0 Å². The van der Waals surface area contributed by atoms with Crippen LogP contribution in [0, 0.1) is 17.3 Å². The van der Waals surface area contributed by atoms with Gasteiger partial charge in [0.2, 0.25) is 0 Å². The minimum atomic E-state index is -1.09. The molecule has 4 bridgehead atoms. The van der Waals surface area contributed by atoms with Gasteiger partial charge in [-0.3, -0.25) is 4.89 Å². The Morgan fingerprint density at radius 1 is 1.17 bits per heavy atom. The van der Waals surface area contributed by atoms with Gasteiger partial charge in [0.1, 0.15) is 11.6 Å². The third-order valence-corrected chi connectivity index (χ3v) is 5.56. The summed E-state index contributed by atoms with van der Waals surface area (Å²) >= 11 is 0. The molecule has 0 aliphatic heterocycles. The van der Waals surface area contributed by atoms with Gasteiger partial charge in [-0.25, -0.2) is 9.59 Å². The summed E-state index contributed by atoms with van der Waals surface area (Å²) in [4.78, 5) is 33.5. The van der Waals surface area contributed by atoms with Crippen LogP contribution in [0.15, 0.2) is 0 Å². The van der Waals surface area contributed by atoms with E-state index in [0.717, 1.165) is 32.1 Å². The van der Waals surface area contributed by atoms with E-state index in [4.69, 9.17) is 9.78 Å². The van der Waals surface area contributed by atoms with E-state index in [0.29, 0.717) is 18.3 Å². The number of carboxylic acids is 1. The lowest BCUT2D eigenvalue weighted by Crippen LogP contribution is -2.64. The van der Waals surface area contributed by atoms with Crippen molar-refractivity contribution in [2.24, 2.45) is 17.3 Å². The second-order valence-corrected chi connectivity index (χ2v) is 9.03. The van der Waals surface area contributed by atoms with E-state index in [9.17, 15) is 19.8 Å². The van der Waals surface area contributed by atoms with E-state index in [1.54, 1.807) is 20.8 Å². The maximum absolute atomic E-state index is 12.0. The number of carboxylic acid groups (broad SMARTS) is 1. The number of amides is 1. The Bertz CT molecular complexity index is 526. The average Bonchev–Trinajstić information content (AvgIpc) is 2.38. The zero-order valence-electron chi connectivity index (χ0n) is 14.5. The van der Waals surface area contributed by atoms with E-state index in [1.165, 1.54) is 0 Å². The van der Waals surface area contributed by atoms with Crippen molar-refractivity contribution >= 4 is 12.1 Å². The van der Waals surface area contributed by atoms with Crippen molar-refractivity contribution in [3.05, 3.63) is 0 Å². The topological polar surface area (TPSA) is 105 Å². The first-order valence-electron chi connectivity index (χ1n) is 8.62. The highest BCUT2D eigenvalue weighted by Crippen LogP contribution is 2.62. The third kappa shape index (κ3) is 3.37. The lowest BCUT2D eigenvalue weighted by Gasteiger charge is -2.61. The van der Waals surface area contributed by atoms with E-state index >= 15 is 0 Å². The Morgan fingerprint density at radius 2 is 1.75 bits per heavy atom. The molecule has 0 aromatic rings. The molecule has 0 radical (unpaired) electrons. The number of hydrogen-bond acceptors (Lipinski definition) is 5. The first-order chi connectivity index (χ1) is 11.0. The predicted molar refractivity (Wildman–Crippen MR) is 83.9 cm³/mol. The molecule has 1 amide bonds. The summed E-state index contributed by atoms with van der Waals surface area (Å²) in [5, 5.41) is 22.9. The first-order valence-corrected chi connectivity index (χ1v) is 8.62. The van der Waals surface area contributed by atoms with E-state index in [2.05, 4.69) is 5.32 Å². The molecule has 7 nitrogen and oxygen atoms in total. The molecule has 0 aromatic heterocycles. The lowest BCUT2D eigenvalue weighted by molar-refractivity contribution is -0.301. The van der Waals surface area contributed by atoms with Gasteiger partial charge in [-0.1, -0.05) is 0 Å². The third-order valence-electron chi connectivity index (χ3n) is 5.56. The van der Waals surface area contributed by atoms with Gasteiger partial charge in [0.25, 0.3) is 0 Å². The van der Waals surface area contributed by atoms with Gasteiger partial charge >= 0.3 is 12.1 Å². The highest BCUT2D eigenvalue weighted by atomic mass is 17.2. The molecule has 0 saturated heterocycles. The van der Waals surface area contributed by atoms with Crippen LogP contribution < -0.4 is 5.32 Å². The van der Waals surface area contributed by atoms with E-state index < -0.39 is 34.7 Å². The number of carbonyl (C=O) groups excluding carboxylic acids is 1. The molecule has 4 saturated carbocycles. The predicted octanol–water partition coefficient (Wildman–Crippen LogP) is 2.23. The van der Waals surface area contributed by atoms with Crippen LogP contribution in [0.3, 0.4) is 0 Å². The molecule has 0 spiro atoms. The van der Waals surface area contributed by atoms with Crippen molar-refractivity contribution in [2.45, 2.75) is 76.5 Å². The van der Waals surface area contributed by atoms with Gasteiger partial charge in [0.15, 0.2) is 0 Å². The van der Waals surface area contributed by atoms with Crippen molar-refractivity contribution in [3.8, 4) is 0 Å². The Hall–Kier alpha value is -1.34. The number of nitrogens with one attached hydrogen (secondary N) is 1. The molecular formula is C17H27NO6. The molecule has 4 fully saturated rings. The van der Waals surface area contributed by atoms with Gasteiger partial charge in [0, 0.05) is 5.41 Å². The summed E-state index contributed by atoms with van der Waals surface area (Å²) in [6.45, 7) is 5.18. The molecule has 136 valence electrons. The fourth-order valence-electron chi connectivity index (χ4n) is 5.40. The maximum atomic E-state index is 12.0. The molecule has 24 heavy (non-hydrogen) atoms. The van der Waals surface area contributed by atoms with E-state index in [-0.39, 0.29) is 0 Å². The maximum Gasteiger partial charge on any atom is 0.439 e. The van der Waals surface area contributed by atoms with Crippen LogP contribution in [0.2, 0.25) is 0 Å².